The Morgan fingerprint density at radius 2 is 2.25 bits per heavy atom. The lowest BCUT2D eigenvalue weighted by Gasteiger charge is -2.28. The molecule has 2 N–H and O–H groups in total. The van der Waals surface area contributed by atoms with Gasteiger partial charge in [0.25, 0.3) is 11.5 Å². The van der Waals surface area contributed by atoms with Crippen LogP contribution < -0.4 is 10.9 Å². The van der Waals surface area contributed by atoms with E-state index in [1.54, 1.807) is 0 Å². The van der Waals surface area contributed by atoms with Crippen molar-refractivity contribution in [2.24, 2.45) is 0 Å². The van der Waals surface area contributed by atoms with Gasteiger partial charge < -0.3 is 10.4 Å². The van der Waals surface area contributed by atoms with Crippen LogP contribution in [0.5, 0.6) is 0 Å². The minimum atomic E-state index is -0.520. The van der Waals surface area contributed by atoms with Crippen LogP contribution in [0.4, 0.5) is 0 Å². The number of aliphatic hydroxyl groups is 1. The highest BCUT2D eigenvalue weighted by molar-refractivity contribution is 7.99. The number of nitrogens with one attached hydrogen (secondary N) is 1. The molecule has 0 spiro atoms. The SMILES string of the molecule is O=C(NC1CCCCC1O)c1cnc2n(c1=O)CCS2. The first-order valence-electron chi connectivity index (χ1n) is 6.88. The number of fused-ring (bicyclic) bond motifs is 1. The molecular weight excluding hydrogens is 278 g/mol. The molecule has 2 unspecified atom stereocenters. The highest BCUT2D eigenvalue weighted by Gasteiger charge is 2.27. The van der Waals surface area contributed by atoms with Gasteiger partial charge in [-0.2, -0.15) is 0 Å². The first-order valence-corrected chi connectivity index (χ1v) is 7.87. The van der Waals surface area contributed by atoms with E-state index in [4.69, 9.17) is 0 Å². The maximum Gasteiger partial charge on any atom is 0.267 e. The first-order chi connectivity index (χ1) is 9.66. The van der Waals surface area contributed by atoms with Gasteiger partial charge in [-0.05, 0) is 12.8 Å². The fraction of sp³-hybridized carbons (Fsp3) is 0.615. The lowest BCUT2D eigenvalue weighted by molar-refractivity contribution is 0.0715. The summed E-state index contributed by atoms with van der Waals surface area (Å²) in [5, 5.41) is 13.3. The molecule has 2 aliphatic rings. The Balaban J connectivity index is 1.79. The van der Waals surface area contributed by atoms with Crippen molar-refractivity contribution in [2.45, 2.75) is 49.5 Å². The first kappa shape index (κ1) is 13.6. The summed E-state index contributed by atoms with van der Waals surface area (Å²) in [6, 6.07) is -0.261. The Hall–Kier alpha value is -1.34. The number of carbonyl (C=O) groups excluding carboxylic acids is 1. The molecule has 1 fully saturated rings. The number of thioether (sulfide) groups is 1. The van der Waals surface area contributed by atoms with Crippen LogP contribution in [0.2, 0.25) is 0 Å². The molecule has 7 heteroatoms. The van der Waals surface area contributed by atoms with Crippen molar-refractivity contribution in [2.75, 3.05) is 5.75 Å². The summed E-state index contributed by atoms with van der Waals surface area (Å²) in [6.45, 7) is 0.596. The van der Waals surface area contributed by atoms with Crippen molar-refractivity contribution < 1.29 is 9.90 Å². The Kier molecular flexibility index (Phi) is 3.80. The van der Waals surface area contributed by atoms with Crippen LogP contribution in [-0.2, 0) is 6.54 Å². The summed E-state index contributed by atoms with van der Waals surface area (Å²) in [4.78, 5) is 28.6. The van der Waals surface area contributed by atoms with Crippen molar-refractivity contribution in [3.63, 3.8) is 0 Å². The fourth-order valence-electron chi connectivity index (χ4n) is 2.70. The molecule has 1 saturated carbocycles. The summed E-state index contributed by atoms with van der Waals surface area (Å²) in [5.74, 6) is 0.384. The Bertz CT molecular complexity index is 587. The third-order valence-electron chi connectivity index (χ3n) is 3.85. The van der Waals surface area contributed by atoms with E-state index in [9.17, 15) is 14.7 Å². The Morgan fingerprint density at radius 1 is 1.45 bits per heavy atom. The topological polar surface area (TPSA) is 84.2 Å². The van der Waals surface area contributed by atoms with Crippen molar-refractivity contribution in [1.29, 1.82) is 0 Å². The van der Waals surface area contributed by atoms with Gasteiger partial charge in [-0.1, -0.05) is 24.6 Å². The normalized spacial score (nSPS) is 25.2. The van der Waals surface area contributed by atoms with E-state index < -0.39 is 12.0 Å². The average molecular weight is 295 g/mol. The number of aliphatic hydroxyl groups excluding tert-OH is 1. The molecule has 1 aromatic heterocycles. The van der Waals surface area contributed by atoms with E-state index in [1.807, 2.05) is 0 Å². The van der Waals surface area contributed by atoms with Crippen LogP contribution in [-0.4, -0.2) is 38.5 Å². The molecule has 1 aliphatic carbocycles. The van der Waals surface area contributed by atoms with Crippen molar-refractivity contribution in [3.8, 4) is 0 Å². The largest absolute Gasteiger partial charge is 0.391 e. The van der Waals surface area contributed by atoms with E-state index in [0.29, 0.717) is 18.1 Å². The fourth-order valence-corrected chi connectivity index (χ4v) is 3.61. The van der Waals surface area contributed by atoms with Gasteiger partial charge in [-0.15, -0.1) is 0 Å². The smallest absolute Gasteiger partial charge is 0.267 e. The van der Waals surface area contributed by atoms with E-state index in [0.717, 1.165) is 25.0 Å². The van der Waals surface area contributed by atoms with Crippen LogP contribution in [0.1, 0.15) is 36.0 Å². The van der Waals surface area contributed by atoms with Crippen LogP contribution in [0, 0.1) is 0 Å². The summed E-state index contributed by atoms with van der Waals surface area (Å²) >= 11 is 1.52. The average Bonchev–Trinajstić information content (AvgIpc) is 2.91. The Morgan fingerprint density at radius 3 is 3.05 bits per heavy atom. The molecule has 20 heavy (non-hydrogen) atoms. The monoisotopic (exact) mass is 295 g/mol. The van der Waals surface area contributed by atoms with E-state index in [-0.39, 0.29) is 17.2 Å². The molecule has 0 saturated heterocycles. The van der Waals surface area contributed by atoms with E-state index >= 15 is 0 Å². The second kappa shape index (κ2) is 5.57. The van der Waals surface area contributed by atoms with Crippen LogP contribution in [0.15, 0.2) is 16.1 Å². The zero-order chi connectivity index (χ0) is 14.1. The molecular formula is C13H17N3O3S. The van der Waals surface area contributed by atoms with Crippen molar-refractivity contribution >= 4 is 17.7 Å². The molecule has 1 amide bonds. The molecule has 2 heterocycles. The van der Waals surface area contributed by atoms with Gasteiger partial charge in [0.15, 0.2) is 5.16 Å². The summed E-state index contributed by atoms with van der Waals surface area (Å²) in [6.07, 6.45) is 4.24. The molecule has 0 bridgehead atoms. The van der Waals surface area contributed by atoms with Gasteiger partial charge in [0.1, 0.15) is 5.56 Å². The molecule has 108 valence electrons. The van der Waals surface area contributed by atoms with Gasteiger partial charge >= 0.3 is 0 Å². The van der Waals surface area contributed by atoms with Gasteiger partial charge in [0.2, 0.25) is 0 Å². The highest BCUT2D eigenvalue weighted by atomic mass is 32.2. The maximum absolute atomic E-state index is 12.2. The second-order valence-electron chi connectivity index (χ2n) is 5.19. The van der Waals surface area contributed by atoms with E-state index in [1.165, 1.54) is 22.5 Å². The highest BCUT2D eigenvalue weighted by Crippen LogP contribution is 2.21. The second-order valence-corrected chi connectivity index (χ2v) is 6.25. The molecule has 0 aromatic carbocycles. The molecule has 2 atom stereocenters. The standard InChI is InChI=1S/C13H17N3O3S/c17-10-4-2-1-3-9(10)15-11(18)8-7-14-13-16(12(8)19)5-6-20-13/h7,9-10,17H,1-6H2,(H,15,18). The van der Waals surface area contributed by atoms with Crippen LogP contribution >= 0.6 is 11.8 Å². The number of carbonyl (C=O) groups is 1. The van der Waals surface area contributed by atoms with E-state index in [2.05, 4.69) is 10.3 Å². The lowest BCUT2D eigenvalue weighted by atomic mass is 9.92. The predicted octanol–water partition coefficient (Wildman–Crippen LogP) is 0.382. The lowest BCUT2D eigenvalue weighted by Crippen LogP contribution is -2.46. The number of rotatable bonds is 2. The van der Waals surface area contributed by atoms with Gasteiger partial charge in [0.05, 0.1) is 12.1 Å². The third kappa shape index (κ3) is 2.47. The number of amides is 1. The molecule has 6 nitrogen and oxygen atoms in total. The summed E-state index contributed by atoms with van der Waals surface area (Å²) in [5.41, 5.74) is -0.225. The maximum atomic E-state index is 12.2. The van der Waals surface area contributed by atoms with Crippen LogP contribution in [0.25, 0.3) is 0 Å². The Labute approximate surface area is 120 Å². The van der Waals surface area contributed by atoms with Gasteiger partial charge in [-0.25, -0.2) is 4.98 Å². The van der Waals surface area contributed by atoms with Gasteiger partial charge in [0, 0.05) is 18.5 Å². The quantitative estimate of drug-likeness (QED) is 0.771. The van der Waals surface area contributed by atoms with Crippen molar-refractivity contribution in [3.05, 3.63) is 22.1 Å². The van der Waals surface area contributed by atoms with Crippen molar-refractivity contribution in [1.82, 2.24) is 14.9 Å². The summed E-state index contributed by atoms with van der Waals surface area (Å²) < 4.78 is 1.54. The summed E-state index contributed by atoms with van der Waals surface area (Å²) in [7, 11) is 0. The number of nitrogens with zero attached hydrogens (tertiary/aromatic N) is 2. The zero-order valence-electron chi connectivity index (χ0n) is 11.0. The zero-order valence-corrected chi connectivity index (χ0v) is 11.9. The molecule has 1 aliphatic heterocycles. The molecule has 3 rings (SSSR count). The predicted molar refractivity (Wildman–Crippen MR) is 75.0 cm³/mol. The molecule has 0 radical (unpaired) electrons. The molecule has 1 aromatic rings. The number of hydrogen-bond donors (Lipinski definition) is 2. The minimum absolute atomic E-state index is 0.0639. The minimum Gasteiger partial charge on any atom is -0.391 e. The third-order valence-corrected chi connectivity index (χ3v) is 4.82. The number of hydrogen-bond acceptors (Lipinski definition) is 5. The number of aromatic nitrogens is 2. The van der Waals surface area contributed by atoms with Crippen LogP contribution in [0.3, 0.4) is 0 Å². The van der Waals surface area contributed by atoms with Gasteiger partial charge in [-0.3, -0.25) is 14.2 Å².